The number of hydrogen-bond acceptors (Lipinski definition) is 5. The monoisotopic (exact) mass is 681 g/mol. The fourth-order valence-electron chi connectivity index (χ4n) is 5.44. The van der Waals surface area contributed by atoms with Crippen LogP contribution in [0.2, 0.25) is 0 Å². The number of nitriles is 1. The largest absolute Gasteiger partial charge is 0.380 e. The first-order chi connectivity index (χ1) is 20.2. The number of nitrogens with zero attached hydrogens (tertiary/aromatic N) is 2. The molecule has 3 atom stereocenters. The van der Waals surface area contributed by atoms with E-state index in [1.807, 2.05) is 18.2 Å². The van der Waals surface area contributed by atoms with Gasteiger partial charge in [-0.05, 0) is 101 Å². The minimum absolute atomic E-state index is 0.0194. The molecule has 1 aliphatic heterocycles. The van der Waals surface area contributed by atoms with Crippen molar-refractivity contribution < 1.29 is 18.7 Å². The van der Waals surface area contributed by atoms with Gasteiger partial charge >= 0.3 is 6.03 Å². The number of anilines is 2. The van der Waals surface area contributed by atoms with Gasteiger partial charge in [-0.3, -0.25) is 4.79 Å². The molecule has 0 bridgehead atoms. The van der Waals surface area contributed by atoms with E-state index in [9.17, 15) is 14.9 Å². The van der Waals surface area contributed by atoms with Crippen LogP contribution in [0, 0.1) is 26.6 Å². The number of urea groups is 1. The lowest BCUT2D eigenvalue weighted by atomic mass is 9.79. The van der Waals surface area contributed by atoms with Gasteiger partial charge in [0.2, 0.25) is 5.91 Å². The number of halogens is 2. The molecule has 2 fully saturated rings. The number of hydrogen-bond donors (Lipinski definition) is 3. The van der Waals surface area contributed by atoms with Crippen LogP contribution in [0.5, 0.6) is 0 Å². The Kier molecular flexibility index (Phi) is 9.11. The molecule has 3 aromatic rings. The van der Waals surface area contributed by atoms with Gasteiger partial charge in [-0.25, -0.2) is 9.18 Å². The van der Waals surface area contributed by atoms with Gasteiger partial charge < -0.3 is 26.0 Å². The molecule has 5 rings (SSSR count). The maximum Gasteiger partial charge on any atom is 0.322 e. The van der Waals surface area contributed by atoms with E-state index in [4.69, 9.17) is 10.5 Å². The van der Waals surface area contributed by atoms with Crippen molar-refractivity contribution in [3.8, 4) is 6.07 Å². The number of benzene rings is 3. The highest BCUT2D eigenvalue weighted by atomic mass is 127. The highest BCUT2D eigenvalue weighted by Crippen LogP contribution is 2.40. The van der Waals surface area contributed by atoms with Gasteiger partial charge in [-0.1, -0.05) is 31.0 Å². The Morgan fingerprint density at radius 3 is 2.55 bits per heavy atom. The van der Waals surface area contributed by atoms with Crippen LogP contribution in [0.25, 0.3) is 0 Å². The van der Waals surface area contributed by atoms with Crippen LogP contribution in [0.3, 0.4) is 0 Å². The number of carbonyl (C=O) groups excluding carboxylic acids is 2. The predicted molar refractivity (Wildman–Crippen MR) is 167 cm³/mol. The zero-order valence-electron chi connectivity index (χ0n) is 23.3. The molecule has 4 N–H and O–H groups in total. The van der Waals surface area contributed by atoms with Gasteiger partial charge in [0, 0.05) is 29.3 Å². The van der Waals surface area contributed by atoms with E-state index in [0.29, 0.717) is 29.2 Å². The van der Waals surface area contributed by atoms with Gasteiger partial charge in [0.25, 0.3) is 0 Å². The van der Waals surface area contributed by atoms with Crippen molar-refractivity contribution in [1.82, 2.24) is 4.90 Å². The molecule has 10 heteroatoms. The van der Waals surface area contributed by atoms with Crippen LogP contribution in [0.1, 0.15) is 48.8 Å². The normalized spacial score (nSPS) is 19.5. The summed E-state index contributed by atoms with van der Waals surface area (Å²) in [4.78, 5) is 28.2. The second-order valence-corrected chi connectivity index (χ2v) is 12.3. The lowest BCUT2D eigenvalue weighted by Crippen LogP contribution is -2.45. The summed E-state index contributed by atoms with van der Waals surface area (Å²) < 4.78 is 21.7. The van der Waals surface area contributed by atoms with Crippen molar-refractivity contribution in [3.05, 3.63) is 92.8 Å². The molecule has 1 heterocycles. The first-order valence-electron chi connectivity index (χ1n) is 14.0. The molecule has 0 spiro atoms. The number of nitrogens with two attached hydrogens (primary N) is 1. The fraction of sp³-hybridized carbons (Fsp3) is 0.344. The smallest absolute Gasteiger partial charge is 0.322 e. The van der Waals surface area contributed by atoms with Crippen molar-refractivity contribution in [2.75, 3.05) is 24.3 Å². The third-order valence-corrected chi connectivity index (χ3v) is 8.86. The third kappa shape index (κ3) is 6.75. The first-order valence-corrected chi connectivity index (χ1v) is 15.0. The summed E-state index contributed by atoms with van der Waals surface area (Å²) >= 11 is 2.18. The molecule has 8 nitrogen and oxygen atoms in total. The molecule has 1 saturated heterocycles. The SMILES string of the molecule is CO[C@@H]1C[C@H](C(=O)Nc2cc(C(N)(CCC3CC3)c3cccc(C#N)c3)ccc2F)N(C(=O)Nc2ccc(I)cc2)C1. The fourth-order valence-corrected chi connectivity index (χ4v) is 5.80. The zero-order valence-corrected chi connectivity index (χ0v) is 25.4. The molecule has 42 heavy (non-hydrogen) atoms. The summed E-state index contributed by atoms with van der Waals surface area (Å²) in [6, 6.07) is 19.8. The number of rotatable bonds is 9. The van der Waals surface area contributed by atoms with E-state index in [1.54, 1.807) is 42.5 Å². The quantitative estimate of drug-likeness (QED) is 0.241. The van der Waals surface area contributed by atoms with Crippen molar-refractivity contribution >= 4 is 45.9 Å². The highest BCUT2D eigenvalue weighted by Gasteiger charge is 2.40. The van der Waals surface area contributed by atoms with E-state index in [0.717, 1.165) is 28.4 Å². The summed E-state index contributed by atoms with van der Waals surface area (Å²) in [5.74, 6) is -0.520. The lowest BCUT2D eigenvalue weighted by Gasteiger charge is -2.32. The molecule has 2 aliphatic rings. The van der Waals surface area contributed by atoms with Crippen LogP contribution >= 0.6 is 22.6 Å². The van der Waals surface area contributed by atoms with E-state index in [2.05, 4.69) is 39.3 Å². The third-order valence-electron chi connectivity index (χ3n) is 8.15. The number of amides is 3. The Labute approximate surface area is 258 Å². The number of nitrogens with one attached hydrogen (secondary N) is 2. The van der Waals surface area contributed by atoms with Gasteiger partial charge in [0.1, 0.15) is 11.9 Å². The Hall–Kier alpha value is -3.53. The molecule has 1 saturated carbocycles. The standard InChI is InChI=1S/C32H33FIN5O3/c1-42-26-17-29(39(19-26)31(41)37-25-10-8-24(34)9-11-25)30(40)38-28-16-23(7-12-27(28)33)32(36,14-13-20-5-6-20)22-4-2-3-21(15-22)18-35/h2-4,7-12,15-16,20,26,29H,5-6,13-14,17,19,36H2,1H3,(H,37,41)(H,38,40)/t26-,29-,32?/m1/s1. The summed E-state index contributed by atoms with van der Waals surface area (Å²) in [5, 5.41) is 15.0. The van der Waals surface area contributed by atoms with Crippen LogP contribution in [0.4, 0.5) is 20.6 Å². The van der Waals surface area contributed by atoms with Crippen LogP contribution in [-0.2, 0) is 15.1 Å². The summed E-state index contributed by atoms with van der Waals surface area (Å²) in [6.07, 6.45) is 3.76. The first kappa shape index (κ1) is 29.9. The van der Waals surface area contributed by atoms with Gasteiger partial charge in [-0.15, -0.1) is 0 Å². The zero-order chi connectivity index (χ0) is 29.9. The Morgan fingerprint density at radius 1 is 1.12 bits per heavy atom. The van der Waals surface area contributed by atoms with Crippen molar-refractivity contribution in [2.24, 2.45) is 11.7 Å². The van der Waals surface area contributed by atoms with E-state index in [-0.39, 0.29) is 24.8 Å². The van der Waals surface area contributed by atoms with Gasteiger partial charge in [0.15, 0.2) is 0 Å². The molecule has 3 amide bonds. The second-order valence-electron chi connectivity index (χ2n) is 11.0. The number of methoxy groups -OCH3 is 1. The van der Waals surface area contributed by atoms with Crippen LogP contribution in [0.15, 0.2) is 66.7 Å². The van der Waals surface area contributed by atoms with Gasteiger partial charge in [-0.2, -0.15) is 5.26 Å². The van der Waals surface area contributed by atoms with Crippen LogP contribution < -0.4 is 16.4 Å². The van der Waals surface area contributed by atoms with E-state index < -0.39 is 29.3 Å². The maximum absolute atomic E-state index is 15.2. The number of ether oxygens (including phenoxy) is 1. The summed E-state index contributed by atoms with van der Waals surface area (Å²) in [6.45, 7) is 0.218. The molecule has 1 aliphatic carbocycles. The van der Waals surface area contributed by atoms with Gasteiger partial charge in [0.05, 0.1) is 29.0 Å². The van der Waals surface area contributed by atoms with Crippen LogP contribution in [-0.4, -0.2) is 42.6 Å². The Morgan fingerprint density at radius 2 is 1.86 bits per heavy atom. The predicted octanol–water partition coefficient (Wildman–Crippen LogP) is 5.95. The highest BCUT2D eigenvalue weighted by molar-refractivity contribution is 14.1. The second kappa shape index (κ2) is 12.8. The number of likely N-dealkylation sites (tertiary alicyclic amines) is 1. The molecular weight excluding hydrogens is 648 g/mol. The lowest BCUT2D eigenvalue weighted by molar-refractivity contribution is -0.119. The average Bonchev–Trinajstić information content (AvgIpc) is 3.73. The maximum atomic E-state index is 15.2. The molecule has 218 valence electrons. The minimum Gasteiger partial charge on any atom is -0.380 e. The minimum atomic E-state index is -0.990. The molecule has 3 aromatic carbocycles. The summed E-state index contributed by atoms with van der Waals surface area (Å²) in [7, 11) is 1.53. The van der Waals surface area contributed by atoms with E-state index >= 15 is 4.39 Å². The average molecular weight is 682 g/mol. The molecule has 0 aromatic heterocycles. The Balaban J connectivity index is 1.39. The molecular formula is C32H33FIN5O3. The summed E-state index contributed by atoms with van der Waals surface area (Å²) in [5.41, 5.74) is 8.53. The molecule has 0 radical (unpaired) electrons. The topological polar surface area (TPSA) is 120 Å². The Bertz CT molecular complexity index is 1510. The number of carbonyl (C=O) groups is 2. The van der Waals surface area contributed by atoms with E-state index in [1.165, 1.54) is 18.1 Å². The van der Waals surface area contributed by atoms with Crippen molar-refractivity contribution in [1.29, 1.82) is 5.26 Å². The van der Waals surface area contributed by atoms with Crippen molar-refractivity contribution in [3.63, 3.8) is 0 Å². The molecule has 1 unspecified atom stereocenters. The van der Waals surface area contributed by atoms with Crippen molar-refractivity contribution in [2.45, 2.75) is 49.8 Å².